The molecule has 16 heavy (non-hydrogen) atoms. The fraction of sp³-hybridized carbons (Fsp3) is 0.100. The lowest BCUT2D eigenvalue weighted by molar-refractivity contribution is -0.142. The largest absolute Gasteiger partial charge is 0.436 e. The fourth-order valence-electron chi connectivity index (χ4n) is 1.20. The Morgan fingerprint density at radius 1 is 1.12 bits per heavy atom. The van der Waals surface area contributed by atoms with E-state index in [0.29, 0.717) is 6.07 Å². The summed E-state index contributed by atoms with van der Waals surface area (Å²) >= 11 is 0. The van der Waals surface area contributed by atoms with Crippen molar-refractivity contribution in [2.75, 3.05) is 0 Å². The lowest BCUT2D eigenvalue weighted by atomic mass is 10.1. The molecule has 0 bridgehead atoms. The number of hydrogen-bond acceptors (Lipinski definition) is 2. The molecular weight excluding hydrogens is 226 g/mol. The summed E-state index contributed by atoms with van der Waals surface area (Å²) < 4.78 is 54.3. The molecule has 0 saturated carbocycles. The van der Waals surface area contributed by atoms with E-state index in [4.69, 9.17) is 0 Å². The van der Waals surface area contributed by atoms with Gasteiger partial charge in [-0.1, -0.05) is 17.3 Å². The first-order valence-corrected chi connectivity index (χ1v) is 4.27. The summed E-state index contributed by atoms with van der Waals surface area (Å²) in [5.74, 6) is -0.905. The first-order valence-electron chi connectivity index (χ1n) is 4.27. The van der Waals surface area contributed by atoms with E-state index in [1.165, 1.54) is 18.2 Å². The third-order valence-electron chi connectivity index (χ3n) is 1.94. The maximum absolute atomic E-state index is 13.2. The molecule has 2 nitrogen and oxygen atoms in total. The Bertz CT molecular complexity index is 504. The van der Waals surface area contributed by atoms with Crippen LogP contribution >= 0.6 is 0 Å². The maximum atomic E-state index is 13.2. The molecule has 2 rings (SSSR count). The van der Waals surface area contributed by atoms with Gasteiger partial charge in [-0.3, -0.25) is 0 Å². The Balaban J connectivity index is 2.44. The lowest BCUT2D eigenvalue weighted by Gasteiger charge is -1.98. The standard InChI is InChI=1S/C10H5F4NO/c11-7-4-2-1-3-6(7)8-5-9(15-16-8)10(12,13)14/h1-5H. The molecule has 6 heteroatoms. The molecule has 84 valence electrons. The quantitative estimate of drug-likeness (QED) is 0.702. The highest BCUT2D eigenvalue weighted by molar-refractivity contribution is 5.58. The molecule has 0 aliphatic rings. The first kappa shape index (κ1) is 10.7. The number of nitrogens with zero attached hydrogens (tertiary/aromatic N) is 1. The smallest absolute Gasteiger partial charge is 0.356 e. The van der Waals surface area contributed by atoms with E-state index < -0.39 is 17.7 Å². The van der Waals surface area contributed by atoms with Crippen molar-refractivity contribution in [1.82, 2.24) is 5.16 Å². The minimum absolute atomic E-state index is 0.0505. The number of rotatable bonds is 1. The molecule has 0 atom stereocenters. The van der Waals surface area contributed by atoms with Crippen LogP contribution in [0.3, 0.4) is 0 Å². The predicted molar refractivity (Wildman–Crippen MR) is 46.9 cm³/mol. The van der Waals surface area contributed by atoms with Crippen molar-refractivity contribution in [1.29, 1.82) is 0 Å². The zero-order chi connectivity index (χ0) is 11.8. The second kappa shape index (κ2) is 3.62. The van der Waals surface area contributed by atoms with Crippen LogP contribution in [0.25, 0.3) is 11.3 Å². The molecule has 2 aromatic rings. The molecule has 1 aromatic carbocycles. The van der Waals surface area contributed by atoms with E-state index in [-0.39, 0.29) is 11.3 Å². The number of benzene rings is 1. The summed E-state index contributed by atoms with van der Waals surface area (Å²) in [7, 11) is 0. The minimum Gasteiger partial charge on any atom is -0.356 e. The molecule has 0 N–H and O–H groups in total. The molecule has 0 aliphatic carbocycles. The van der Waals surface area contributed by atoms with Crippen LogP contribution < -0.4 is 0 Å². The Hall–Kier alpha value is -1.85. The average molecular weight is 231 g/mol. The van der Waals surface area contributed by atoms with Crippen LogP contribution in [0.2, 0.25) is 0 Å². The topological polar surface area (TPSA) is 26.0 Å². The zero-order valence-corrected chi connectivity index (χ0v) is 7.75. The number of hydrogen-bond donors (Lipinski definition) is 0. The number of halogens is 4. The molecule has 0 radical (unpaired) electrons. The van der Waals surface area contributed by atoms with Gasteiger partial charge in [-0.05, 0) is 12.1 Å². The minimum atomic E-state index is -4.59. The van der Waals surface area contributed by atoms with Crippen molar-refractivity contribution in [3.05, 3.63) is 41.8 Å². The van der Waals surface area contributed by atoms with Crippen molar-refractivity contribution in [3.63, 3.8) is 0 Å². The molecule has 0 unspecified atom stereocenters. The van der Waals surface area contributed by atoms with E-state index >= 15 is 0 Å². The Morgan fingerprint density at radius 2 is 1.81 bits per heavy atom. The van der Waals surface area contributed by atoms with Crippen molar-refractivity contribution < 1.29 is 22.1 Å². The van der Waals surface area contributed by atoms with E-state index in [1.807, 2.05) is 0 Å². The second-order valence-electron chi connectivity index (χ2n) is 3.05. The van der Waals surface area contributed by atoms with E-state index in [2.05, 4.69) is 9.68 Å². The normalized spacial score (nSPS) is 11.8. The van der Waals surface area contributed by atoms with Gasteiger partial charge in [0, 0.05) is 6.07 Å². The highest BCUT2D eigenvalue weighted by Gasteiger charge is 2.35. The lowest BCUT2D eigenvalue weighted by Crippen LogP contribution is -2.04. The third kappa shape index (κ3) is 1.91. The monoisotopic (exact) mass is 231 g/mol. The van der Waals surface area contributed by atoms with Gasteiger partial charge < -0.3 is 4.52 Å². The molecule has 0 aliphatic heterocycles. The van der Waals surface area contributed by atoms with Gasteiger partial charge in [0.05, 0.1) is 5.56 Å². The fourth-order valence-corrected chi connectivity index (χ4v) is 1.20. The van der Waals surface area contributed by atoms with E-state index in [1.54, 1.807) is 0 Å². The van der Waals surface area contributed by atoms with Gasteiger partial charge in [-0.2, -0.15) is 13.2 Å². The highest BCUT2D eigenvalue weighted by atomic mass is 19.4. The molecule has 0 saturated heterocycles. The Morgan fingerprint density at radius 3 is 2.38 bits per heavy atom. The van der Waals surface area contributed by atoms with E-state index in [9.17, 15) is 17.6 Å². The van der Waals surface area contributed by atoms with Crippen LogP contribution in [0.1, 0.15) is 5.69 Å². The molecule has 1 heterocycles. The molecule has 0 amide bonds. The SMILES string of the molecule is Fc1ccccc1-c1cc(C(F)(F)F)no1. The zero-order valence-electron chi connectivity index (χ0n) is 7.75. The van der Waals surface area contributed by atoms with Gasteiger partial charge in [-0.15, -0.1) is 0 Å². The average Bonchev–Trinajstić information content (AvgIpc) is 2.66. The highest BCUT2D eigenvalue weighted by Crippen LogP contribution is 2.32. The summed E-state index contributed by atoms with van der Waals surface area (Å²) in [6, 6.07) is 6.04. The van der Waals surface area contributed by atoms with Crippen LogP contribution in [0.4, 0.5) is 17.6 Å². The van der Waals surface area contributed by atoms with Crippen molar-refractivity contribution >= 4 is 0 Å². The molecule has 1 aromatic heterocycles. The summed E-state index contributed by atoms with van der Waals surface area (Å²) in [5, 5.41) is 2.84. The third-order valence-corrected chi connectivity index (χ3v) is 1.94. The van der Waals surface area contributed by atoms with Crippen LogP contribution in [-0.2, 0) is 6.18 Å². The van der Waals surface area contributed by atoms with Crippen molar-refractivity contribution in [2.45, 2.75) is 6.18 Å². The number of alkyl halides is 3. The van der Waals surface area contributed by atoms with Crippen LogP contribution in [-0.4, -0.2) is 5.16 Å². The molecule has 0 fully saturated rings. The first-order chi connectivity index (χ1) is 7.48. The summed E-state index contributed by atoms with van der Waals surface area (Å²) in [4.78, 5) is 0. The molecule has 0 spiro atoms. The van der Waals surface area contributed by atoms with Crippen LogP contribution in [0.5, 0.6) is 0 Å². The summed E-state index contributed by atoms with van der Waals surface area (Å²) in [6.07, 6.45) is -4.59. The van der Waals surface area contributed by atoms with Crippen LogP contribution in [0, 0.1) is 5.82 Å². The van der Waals surface area contributed by atoms with Crippen LogP contribution in [0.15, 0.2) is 34.9 Å². The van der Waals surface area contributed by atoms with Gasteiger partial charge >= 0.3 is 6.18 Å². The van der Waals surface area contributed by atoms with Gasteiger partial charge in [0.25, 0.3) is 0 Å². The van der Waals surface area contributed by atoms with Crippen molar-refractivity contribution in [2.24, 2.45) is 0 Å². The molecular formula is C10H5F4NO. The van der Waals surface area contributed by atoms with E-state index in [0.717, 1.165) is 6.07 Å². The number of aromatic nitrogens is 1. The predicted octanol–water partition coefficient (Wildman–Crippen LogP) is 3.50. The van der Waals surface area contributed by atoms with Gasteiger partial charge in [0.15, 0.2) is 11.5 Å². The Kier molecular flexibility index (Phi) is 2.41. The summed E-state index contributed by atoms with van der Waals surface area (Å²) in [5.41, 5.74) is -1.23. The van der Waals surface area contributed by atoms with Gasteiger partial charge in [0.2, 0.25) is 0 Å². The van der Waals surface area contributed by atoms with Gasteiger partial charge in [0.1, 0.15) is 5.82 Å². The second-order valence-corrected chi connectivity index (χ2v) is 3.05. The maximum Gasteiger partial charge on any atom is 0.436 e. The van der Waals surface area contributed by atoms with Crippen molar-refractivity contribution in [3.8, 4) is 11.3 Å². The Labute approximate surface area is 87.5 Å². The van der Waals surface area contributed by atoms with Gasteiger partial charge in [-0.25, -0.2) is 4.39 Å². The summed E-state index contributed by atoms with van der Waals surface area (Å²) in [6.45, 7) is 0.